The molecule has 1 aromatic heterocycles. The highest BCUT2D eigenvalue weighted by Crippen LogP contribution is 2.28. The first-order valence-electron chi connectivity index (χ1n) is 9.97. The fraction of sp³-hybridized carbons (Fsp3) is 0.318. The Bertz CT molecular complexity index is 1040. The monoisotopic (exact) mass is 566 g/mol. The third-order valence-corrected chi connectivity index (χ3v) is 6.76. The molecule has 3 aromatic rings. The highest BCUT2D eigenvalue weighted by molar-refractivity contribution is 9.11. The number of halogens is 2. The summed E-state index contributed by atoms with van der Waals surface area (Å²) in [6.07, 6.45) is 0.729. The number of amides is 1. The molecule has 6 nitrogen and oxygen atoms in total. The lowest BCUT2D eigenvalue weighted by molar-refractivity contribution is -0.113. The van der Waals surface area contributed by atoms with Crippen molar-refractivity contribution in [2.45, 2.75) is 45.0 Å². The van der Waals surface area contributed by atoms with Crippen molar-refractivity contribution in [3.63, 3.8) is 0 Å². The second kappa shape index (κ2) is 11.2. The lowest BCUT2D eigenvalue weighted by atomic mass is 10.2. The third kappa shape index (κ3) is 6.33. The largest absolute Gasteiger partial charge is 0.483 e. The molecule has 9 heteroatoms. The van der Waals surface area contributed by atoms with Crippen molar-refractivity contribution in [1.29, 1.82) is 0 Å². The van der Waals surface area contributed by atoms with Gasteiger partial charge < -0.3 is 14.6 Å². The maximum absolute atomic E-state index is 12.4. The third-order valence-electron chi connectivity index (χ3n) is 4.60. The molecule has 31 heavy (non-hydrogen) atoms. The van der Waals surface area contributed by atoms with Gasteiger partial charge in [-0.2, -0.15) is 0 Å². The zero-order chi connectivity index (χ0) is 22.4. The van der Waals surface area contributed by atoms with Crippen LogP contribution in [0.4, 0.5) is 5.69 Å². The number of nitrogens with zero attached hydrogens (tertiary/aromatic N) is 3. The number of hydrogen-bond donors (Lipinski definition) is 1. The highest BCUT2D eigenvalue weighted by Gasteiger charge is 2.19. The van der Waals surface area contributed by atoms with Crippen molar-refractivity contribution in [3.8, 4) is 5.75 Å². The van der Waals surface area contributed by atoms with E-state index in [1.165, 1.54) is 17.3 Å². The molecule has 1 atom stereocenters. The van der Waals surface area contributed by atoms with Crippen LogP contribution in [0.15, 0.2) is 56.6 Å². The van der Waals surface area contributed by atoms with Crippen LogP contribution in [0, 0.1) is 0 Å². The van der Waals surface area contributed by atoms with Gasteiger partial charge in [-0.25, -0.2) is 0 Å². The number of rotatable bonds is 9. The molecule has 0 aliphatic rings. The van der Waals surface area contributed by atoms with Crippen LogP contribution < -0.4 is 10.1 Å². The van der Waals surface area contributed by atoms with Gasteiger partial charge in [0.2, 0.25) is 5.91 Å². The number of benzene rings is 2. The first kappa shape index (κ1) is 23.8. The zero-order valence-corrected chi connectivity index (χ0v) is 21.6. The van der Waals surface area contributed by atoms with Crippen LogP contribution in [0.25, 0.3) is 0 Å². The van der Waals surface area contributed by atoms with E-state index in [0.717, 1.165) is 26.9 Å². The summed E-state index contributed by atoms with van der Waals surface area (Å²) in [7, 11) is 0. The summed E-state index contributed by atoms with van der Waals surface area (Å²) in [4.78, 5) is 12.4. The van der Waals surface area contributed by atoms with E-state index in [4.69, 9.17) is 4.74 Å². The maximum Gasteiger partial charge on any atom is 0.234 e. The van der Waals surface area contributed by atoms with Gasteiger partial charge in [0.15, 0.2) is 17.1 Å². The summed E-state index contributed by atoms with van der Waals surface area (Å²) in [5.74, 6) is 1.64. The number of thioether (sulfide) groups is 1. The standard InChI is InChI=1S/C22H24Br2N4O2S/c1-4-15-6-9-17(10-7-15)30-14(3)21-26-27-22(28(21)5-2)31-13-20(29)25-19-12-16(23)8-11-18(19)24/h6-12,14H,4-5,13H2,1-3H3,(H,25,29)/t14-/m0/s1. The molecule has 0 fully saturated rings. The Morgan fingerprint density at radius 3 is 2.58 bits per heavy atom. The molecule has 0 saturated heterocycles. The van der Waals surface area contributed by atoms with E-state index in [9.17, 15) is 4.79 Å². The number of aryl methyl sites for hydroxylation is 1. The van der Waals surface area contributed by atoms with Crippen molar-refractivity contribution >= 4 is 55.2 Å². The summed E-state index contributed by atoms with van der Waals surface area (Å²) in [5, 5.41) is 12.2. The van der Waals surface area contributed by atoms with E-state index >= 15 is 0 Å². The van der Waals surface area contributed by atoms with Gasteiger partial charge in [-0.15, -0.1) is 10.2 Å². The minimum atomic E-state index is -0.263. The van der Waals surface area contributed by atoms with Gasteiger partial charge >= 0.3 is 0 Å². The summed E-state index contributed by atoms with van der Waals surface area (Å²) in [6.45, 7) is 6.79. The summed E-state index contributed by atoms with van der Waals surface area (Å²) in [6, 6.07) is 13.7. The van der Waals surface area contributed by atoms with Crippen LogP contribution in [0.1, 0.15) is 38.3 Å². The second-order valence-electron chi connectivity index (χ2n) is 6.80. The lowest BCUT2D eigenvalue weighted by Crippen LogP contribution is -2.15. The van der Waals surface area contributed by atoms with Crippen LogP contribution in [0.3, 0.4) is 0 Å². The van der Waals surface area contributed by atoms with Gasteiger partial charge in [0, 0.05) is 15.5 Å². The van der Waals surface area contributed by atoms with Gasteiger partial charge in [-0.3, -0.25) is 4.79 Å². The van der Waals surface area contributed by atoms with Crippen molar-refractivity contribution in [1.82, 2.24) is 14.8 Å². The molecule has 164 valence electrons. The zero-order valence-electron chi connectivity index (χ0n) is 17.6. The van der Waals surface area contributed by atoms with Gasteiger partial charge in [-0.05, 0) is 72.1 Å². The molecule has 1 N–H and O–H groups in total. The van der Waals surface area contributed by atoms with Gasteiger partial charge in [0.05, 0.1) is 11.4 Å². The van der Waals surface area contributed by atoms with E-state index in [2.05, 4.69) is 66.4 Å². The van der Waals surface area contributed by atoms with Crippen LogP contribution in [0.5, 0.6) is 5.75 Å². The number of carbonyl (C=O) groups excluding carboxylic acids is 1. The van der Waals surface area contributed by atoms with Crippen LogP contribution in [-0.4, -0.2) is 26.4 Å². The molecule has 1 amide bonds. The smallest absolute Gasteiger partial charge is 0.234 e. The Morgan fingerprint density at radius 2 is 1.90 bits per heavy atom. The number of hydrogen-bond acceptors (Lipinski definition) is 5. The molecule has 0 unspecified atom stereocenters. The van der Waals surface area contributed by atoms with E-state index in [0.29, 0.717) is 17.4 Å². The minimum Gasteiger partial charge on any atom is -0.483 e. The Hall–Kier alpha value is -1.84. The average Bonchev–Trinajstić information content (AvgIpc) is 3.18. The van der Waals surface area contributed by atoms with E-state index in [1.807, 2.05) is 48.7 Å². The second-order valence-corrected chi connectivity index (χ2v) is 9.52. The predicted octanol–water partition coefficient (Wildman–Crippen LogP) is 6.26. The van der Waals surface area contributed by atoms with Crippen molar-refractivity contribution < 1.29 is 9.53 Å². The normalized spacial score (nSPS) is 11.9. The average molecular weight is 568 g/mol. The molecular weight excluding hydrogens is 544 g/mol. The van der Waals surface area contributed by atoms with E-state index in [-0.39, 0.29) is 17.8 Å². The number of anilines is 1. The molecule has 2 aromatic carbocycles. The minimum absolute atomic E-state index is 0.115. The van der Waals surface area contributed by atoms with Crippen molar-refractivity contribution in [3.05, 3.63) is 62.8 Å². The number of aromatic nitrogens is 3. The Labute approximate surface area is 203 Å². The maximum atomic E-state index is 12.4. The van der Waals surface area contributed by atoms with E-state index < -0.39 is 0 Å². The first-order chi connectivity index (χ1) is 14.9. The summed E-state index contributed by atoms with van der Waals surface area (Å²) < 4.78 is 9.77. The molecule has 0 spiro atoms. The van der Waals surface area contributed by atoms with Crippen molar-refractivity contribution in [2.24, 2.45) is 0 Å². The Balaban J connectivity index is 1.63. The molecule has 0 radical (unpaired) electrons. The van der Waals surface area contributed by atoms with Crippen LogP contribution in [0.2, 0.25) is 0 Å². The fourth-order valence-electron chi connectivity index (χ4n) is 2.97. The predicted molar refractivity (Wildman–Crippen MR) is 132 cm³/mol. The van der Waals surface area contributed by atoms with Gasteiger partial charge in [-0.1, -0.05) is 46.7 Å². The van der Waals surface area contributed by atoms with Crippen LogP contribution in [-0.2, 0) is 17.8 Å². The Kier molecular flexibility index (Phi) is 8.57. The molecule has 0 aliphatic carbocycles. The quantitative estimate of drug-likeness (QED) is 0.309. The van der Waals surface area contributed by atoms with E-state index in [1.54, 1.807) is 0 Å². The van der Waals surface area contributed by atoms with Crippen molar-refractivity contribution in [2.75, 3.05) is 11.1 Å². The summed E-state index contributed by atoms with van der Waals surface area (Å²) in [5.41, 5.74) is 1.98. The topological polar surface area (TPSA) is 69.0 Å². The number of nitrogens with one attached hydrogen (secondary N) is 1. The van der Waals surface area contributed by atoms with Gasteiger partial charge in [0.1, 0.15) is 5.75 Å². The number of carbonyl (C=O) groups is 1. The highest BCUT2D eigenvalue weighted by atomic mass is 79.9. The molecule has 1 heterocycles. The van der Waals surface area contributed by atoms with Gasteiger partial charge in [0.25, 0.3) is 0 Å². The molecule has 3 rings (SSSR count). The fourth-order valence-corrected chi connectivity index (χ4v) is 4.49. The molecule has 0 aliphatic heterocycles. The molecule has 0 saturated carbocycles. The molecular formula is C22H24Br2N4O2S. The summed E-state index contributed by atoms with van der Waals surface area (Å²) >= 11 is 8.22. The van der Waals surface area contributed by atoms with Crippen LogP contribution >= 0.6 is 43.6 Å². The number of ether oxygens (including phenoxy) is 1. The molecule has 0 bridgehead atoms. The Morgan fingerprint density at radius 1 is 1.16 bits per heavy atom. The first-order valence-corrected chi connectivity index (χ1v) is 12.5. The SMILES string of the molecule is CCc1ccc(O[C@@H](C)c2nnc(SCC(=O)Nc3cc(Br)ccc3Br)n2CC)cc1. The lowest BCUT2D eigenvalue weighted by Gasteiger charge is -2.16.